The molecule has 106 valence electrons. The number of halogens is 1. The quantitative estimate of drug-likeness (QED) is 0.721. The summed E-state index contributed by atoms with van der Waals surface area (Å²) >= 11 is 5.16. The molecule has 1 amide bonds. The molecule has 0 atom stereocenters. The van der Waals surface area contributed by atoms with Crippen LogP contribution in [-0.2, 0) is 6.54 Å². The Balaban J connectivity index is 2.12. The van der Waals surface area contributed by atoms with Crippen LogP contribution in [0.2, 0.25) is 0 Å². The van der Waals surface area contributed by atoms with E-state index < -0.39 is 0 Å². The van der Waals surface area contributed by atoms with Crippen LogP contribution in [0.25, 0.3) is 0 Å². The van der Waals surface area contributed by atoms with Crippen molar-refractivity contribution in [1.82, 2.24) is 5.32 Å². The maximum absolute atomic E-state index is 11.8. The minimum absolute atomic E-state index is 0.0899. The summed E-state index contributed by atoms with van der Waals surface area (Å²) < 4.78 is 1.08. The Morgan fingerprint density at radius 1 is 1.40 bits per heavy atom. The largest absolute Gasteiger partial charge is 0.397 e. The number of nitrogens with one attached hydrogen (secondary N) is 2. The minimum atomic E-state index is -0.0899. The molecule has 4 nitrogen and oxygen atoms in total. The van der Waals surface area contributed by atoms with Gasteiger partial charge in [0.2, 0.25) is 0 Å². The van der Waals surface area contributed by atoms with E-state index in [1.54, 1.807) is 29.5 Å². The first-order valence-corrected chi connectivity index (χ1v) is 7.92. The lowest BCUT2D eigenvalue weighted by atomic mass is 10.1. The molecule has 20 heavy (non-hydrogen) atoms. The van der Waals surface area contributed by atoms with Crippen LogP contribution in [0.5, 0.6) is 0 Å². The zero-order chi connectivity index (χ0) is 14.5. The van der Waals surface area contributed by atoms with Crippen molar-refractivity contribution < 1.29 is 4.79 Å². The molecule has 0 aliphatic rings. The number of hydrogen-bond acceptors (Lipinski definition) is 4. The highest BCUT2D eigenvalue weighted by Crippen LogP contribution is 2.26. The van der Waals surface area contributed by atoms with Crippen molar-refractivity contribution in [1.29, 1.82) is 0 Å². The molecule has 0 fully saturated rings. The Labute approximate surface area is 130 Å². The molecular weight excluding hydrogens is 338 g/mol. The van der Waals surface area contributed by atoms with Crippen LogP contribution in [0.1, 0.15) is 22.2 Å². The smallest absolute Gasteiger partial charge is 0.251 e. The molecule has 0 saturated carbocycles. The molecule has 1 heterocycles. The minimum Gasteiger partial charge on any atom is -0.397 e. The fourth-order valence-corrected chi connectivity index (χ4v) is 3.17. The second-order valence-corrected chi connectivity index (χ2v) is 6.06. The van der Waals surface area contributed by atoms with E-state index in [2.05, 4.69) is 26.6 Å². The monoisotopic (exact) mass is 353 g/mol. The maximum Gasteiger partial charge on any atom is 0.251 e. The summed E-state index contributed by atoms with van der Waals surface area (Å²) in [4.78, 5) is 13.0. The van der Waals surface area contributed by atoms with Crippen LogP contribution in [0, 0.1) is 0 Å². The van der Waals surface area contributed by atoms with Gasteiger partial charge in [0.1, 0.15) is 0 Å². The first-order valence-electron chi connectivity index (χ1n) is 6.25. The average molecular weight is 354 g/mol. The molecule has 1 aromatic carbocycles. The summed E-state index contributed by atoms with van der Waals surface area (Å²) in [5.74, 6) is -0.0899. The summed E-state index contributed by atoms with van der Waals surface area (Å²) in [5.41, 5.74) is 7.95. The molecule has 0 bridgehead atoms. The van der Waals surface area contributed by atoms with Gasteiger partial charge in [-0.15, -0.1) is 11.3 Å². The molecule has 6 heteroatoms. The number of rotatable bonds is 5. The number of carbonyl (C=O) groups is 1. The van der Waals surface area contributed by atoms with Crippen molar-refractivity contribution in [3.63, 3.8) is 0 Å². The Kier molecular flexibility index (Phi) is 5.03. The maximum atomic E-state index is 11.8. The van der Waals surface area contributed by atoms with Crippen LogP contribution in [0.3, 0.4) is 0 Å². The van der Waals surface area contributed by atoms with Gasteiger partial charge in [-0.25, -0.2) is 0 Å². The summed E-state index contributed by atoms with van der Waals surface area (Å²) in [5, 5.41) is 8.07. The number of benzene rings is 1. The molecule has 0 aliphatic heterocycles. The highest BCUT2D eigenvalue weighted by Gasteiger charge is 2.08. The standard InChI is InChI=1S/C14H16BrN3OS/c1-2-17-14(19)9-3-4-11(16)12(7-9)18-8-13-10(15)5-6-20-13/h3-7,18H,2,8,16H2,1H3,(H,17,19). The van der Waals surface area contributed by atoms with Crippen LogP contribution >= 0.6 is 27.3 Å². The number of anilines is 2. The third kappa shape index (κ3) is 3.52. The van der Waals surface area contributed by atoms with E-state index in [1.165, 1.54) is 4.88 Å². The van der Waals surface area contributed by atoms with Gasteiger partial charge >= 0.3 is 0 Å². The van der Waals surface area contributed by atoms with Crippen molar-refractivity contribution in [2.24, 2.45) is 0 Å². The zero-order valence-electron chi connectivity index (χ0n) is 11.1. The molecule has 0 saturated heterocycles. The lowest BCUT2D eigenvalue weighted by molar-refractivity contribution is 0.0956. The lowest BCUT2D eigenvalue weighted by Crippen LogP contribution is -2.22. The van der Waals surface area contributed by atoms with E-state index in [4.69, 9.17) is 5.73 Å². The molecule has 0 unspecified atom stereocenters. The Hall–Kier alpha value is -1.53. The molecule has 0 aliphatic carbocycles. The van der Waals surface area contributed by atoms with Crippen molar-refractivity contribution >= 4 is 44.5 Å². The summed E-state index contributed by atoms with van der Waals surface area (Å²) in [7, 11) is 0. The van der Waals surface area contributed by atoms with Crippen LogP contribution in [0.4, 0.5) is 11.4 Å². The van der Waals surface area contributed by atoms with Gasteiger partial charge < -0.3 is 16.4 Å². The van der Waals surface area contributed by atoms with Gasteiger partial charge in [-0.2, -0.15) is 0 Å². The second-order valence-electron chi connectivity index (χ2n) is 4.21. The topological polar surface area (TPSA) is 67.2 Å². The number of amides is 1. The summed E-state index contributed by atoms with van der Waals surface area (Å²) in [6, 6.07) is 7.26. The number of nitrogen functional groups attached to an aromatic ring is 1. The van der Waals surface area contributed by atoms with Gasteiger partial charge in [0, 0.05) is 21.5 Å². The third-order valence-electron chi connectivity index (χ3n) is 2.78. The number of nitrogens with two attached hydrogens (primary N) is 1. The van der Waals surface area contributed by atoms with E-state index in [0.717, 1.165) is 10.2 Å². The Morgan fingerprint density at radius 2 is 2.20 bits per heavy atom. The number of hydrogen-bond donors (Lipinski definition) is 3. The van der Waals surface area contributed by atoms with Crippen molar-refractivity contribution in [3.05, 3.63) is 44.6 Å². The van der Waals surface area contributed by atoms with Crippen LogP contribution in [0.15, 0.2) is 34.1 Å². The van der Waals surface area contributed by atoms with Crippen molar-refractivity contribution in [3.8, 4) is 0 Å². The molecule has 2 aromatic rings. The van der Waals surface area contributed by atoms with Gasteiger partial charge in [0.05, 0.1) is 17.9 Å². The van der Waals surface area contributed by atoms with Crippen LogP contribution < -0.4 is 16.4 Å². The van der Waals surface area contributed by atoms with Gasteiger partial charge in [-0.3, -0.25) is 4.79 Å². The third-order valence-corrected chi connectivity index (χ3v) is 4.71. The summed E-state index contributed by atoms with van der Waals surface area (Å²) in [6.45, 7) is 3.16. The van der Waals surface area contributed by atoms with E-state index in [1.807, 2.05) is 18.4 Å². The molecule has 2 rings (SSSR count). The predicted molar refractivity (Wildman–Crippen MR) is 88.2 cm³/mol. The predicted octanol–water partition coefficient (Wildman–Crippen LogP) is 3.45. The SMILES string of the molecule is CCNC(=O)c1ccc(N)c(NCc2sccc2Br)c1. The van der Waals surface area contributed by atoms with Gasteiger partial charge in [0.15, 0.2) is 0 Å². The highest BCUT2D eigenvalue weighted by atomic mass is 79.9. The fraction of sp³-hybridized carbons (Fsp3) is 0.214. The van der Waals surface area contributed by atoms with E-state index in [-0.39, 0.29) is 5.91 Å². The highest BCUT2D eigenvalue weighted by molar-refractivity contribution is 9.10. The Bertz CT molecular complexity index is 612. The molecule has 0 radical (unpaired) electrons. The molecular formula is C14H16BrN3OS. The van der Waals surface area contributed by atoms with Gasteiger partial charge in [0.25, 0.3) is 5.91 Å². The van der Waals surface area contributed by atoms with Crippen molar-refractivity contribution in [2.75, 3.05) is 17.6 Å². The molecule has 0 spiro atoms. The van der Waals surface area contributed by atoms with E-state index in [0.29, 0.717) is 24.3 Å². The first-order chi connectivity index (χ1) is 9.61. The summed E-state index contributed by atoms with van der Waals surface area (Å²) in [6.07, 6.45) is 0. The van der Waals surface area contributed by atoms with Gasteiger partial charge in [-0.1, -0.05) is 0 Å². The van der Waals surface area contributed by atoms with Gasteiger partial charge in [-0.05, 0) is 52.5 Å². The molecule has 4 N–H and O–H groups in total. The average Bonchev–Trinajstić information content (AvgIpc) is 2.83. The fourth-order valence-electron chi connectivity index (χ4n) is 1.74. The second kappa shape index (κ2) is 6.76. The van der Waals surface area contributed by atoms with E-state index >= 15 is 0 Å². The van der Waals surface area contributed by atoms with Crippen LogP contribution in [-0.4, -0.2) is 12.5 Å². The number of carbonyl (C=O) groups excluding carboxylic acids is 1. The van der Waals surface area contributed by atoms with E-state index in [9.17, 15) is 4.79 Å². The Morgan fingerprint density at radius 3 is 2.85 bits per heavy atom. The normalized spacial score (nSPS) is 10.3. The lowest BCUT2D eigenvalue weighted by Gasteiger charge is -2.11. The zero-order valence-corrected chi connectivity index (χ0v) is 13.5. The molecule has 1 aromatic heterocycles. The van der Waals surface area contributed by atoms with Crippen molar-refractivity contribution in [2.45, 2.75) is 13.5 Å². The first kappa shape index (κ1) is 14.9. The number of thiophene rings is 1.